The van der Waals surface area contributed by atoms with E-state index >= 15 is 0 Å². The number of carboxylic acid groups (broad SMARTS) is 1. The zero-order valence-corrected chi connectivity index (χ0v) is 12.0. The zero-order chi connectivity index (χ0) is 13.8. The highest BCUT2D eigenvalue weighted by Crippen LogP contribution is 2.21. The Labute approximate surface area is 108 Å². The van der Waals surface area contributed by atoms with Gasteiger partial charge in [0.1, 0.15) is 5.75 Å². The molecular formula is C13H19O4Si-. The third-order valence-electron chi connectivity index (χ3n) is 2.52. The van der Waals surface area contributed by atoms with Gasteiger partial charge >= 0.3 is 5.97 Å². The minimum absolute atomic E-state index is 0.238. The summed E-state index contributed by atoms with van der Waals surface area (Å²) in [7, 11) is -1.06. The van der Waals surface area contributed by atoms with Crippen LogP contribution >= 0.6 is 0 Å². The summed E-state index contributed by atoms with van der Waals surface area (Å²) in [6, 6.07) is 5.21. The third kappa shape index (κ3) is 4.79. The number of hydrogen-bond donors (Lipinski definition) is 1. The number of carboxylic acids is 1. The number of benzene rings is 1. The fraction of sp³-hybridized carbons (Fsp3) is 0.462. The van der Waals surface area contributed by atoms with Crippen LogP contribution in [0.5, 0.6) is 11.5 Å². The Balaban J connectivity index is 2.53. The molecule has 0 heterocycles. The second-order valence-corrected chi connectivity index (χ2v) is 11.1. The second-order valence-electron chi connectivity index (χ2n) is 5.48. The highest BCUT2D eigenvalue weighted by Gasteiger charge is 2.12. The fourth-order valence-corrected chi connectivity index (χ4v) is 2.76. The molecule has 0 atom stereocenters. The van der Waals surface area contributed by atoms with Gasteiger partial charge in [-0.3, -0.25) is 0 Å². The quantitative estimate of drug-likeness (QED) is 0.635. The fourth-order valence-electron chi connectivity index (χ4n) is 1.56. The van der Waals surface area contributed by atoms with Gasteiger partial charge in [0.25, 0.3) is 0 Å². The molecular weight excluding hydrogens is 248 g/mol. The molecule has 0 fully saturated rings. The molecule has 0 aliphatic rings. The van der Waals surface area contributed by atoms with Crippen LogP contribution < -0.4 is 9.84 Å². The molecule has 0 spiro atoms. The normalized spacial score (nSPS) is 11.3. The maximum absolute atomic E-state index is 11.2. The van der Waals surface area contributed by atoms with E-state index in [1.807, 2.05) is 0 Å². The van der Waals surface area contributed by atoms with Gasteiger partial charge in [-0.05, 0) is 18.6 Å². The smallest absolute Gasteiger partial charge is 0.335 e. The average molecular weight is 267 g/mol. The molecule has 18 heavy (non-hydrogen) atoms. The van der Waals surface area contributed by atoms with Crippen LogP contribution in [0.4, 0.5) is 0 Å². The molecule has 0 saturated heterocycles. The Morgan fingerprint density at radius 2 is 2.06 bits per heavy atom. The predicted molar refractivity (Wildman–Crippen MR) is 71.1 cm³/mol. The summed E-state index contributed by atoms with van der Waals surface area (Å²) >= 11 is 0. The summed E-state index contributed by atoms with van der Waals surface area (Å²) in [4.78, 5) is 10.8. The molecule has 1 N–H and O–H groups in total. The molecule has 0 aliphatic heterocycles. The van der Waals surface area contributed by atoms with Gasteiger partial charge in [0.2, 0.25) is 0 Å². The van der Waals surface area contributed by atoms with Gasteiger partial charge in [0, 0.05) is 8.07 Å². The van der Waals surface area contributed by atoms with E-state index in [4.69, 9.17) is 9.84 Å². The summed E-state index contributed by atoms with van der Waals surface area (Å²) in [6.07, 6.45) is 0.956. The molecule has 5 heteroatoms. The van der Waals surface area contributed by atoms with Crippen molar-refractivity contribution in [2.75, 3.05) is 6.61 Å². The lowest BCUT2D eigenvalue weighted by Gasteiger charge is -2.16. The van der Waals surface area contributed by atoms with E-state index in [0.29, 0.717) is 12.4 Å². The molecule has 1 aromatic carbocycles. The molecule has 0 aromatic heterocycles. The standard InChI is InChI=1S/C13H20O4Si/c1-18(2,3)8-4-7-17-10-5-6-12(14)11(9-10)13(15)16/h5-6,9,14H,4,7-8H2,1-3H3,(H,15,16)/p-1. The van der Waals surface area contributed by atoms with Gasteiger partial charge in [-0.1, -0.05) is 37.5 Å². The molecule has 1 aromatic rings. The van der Waals surface area contributed by atoms with Crippen molar-refractivity contribution in [1.29, 1.82) is 0 Å². The number of hydrogen-bond acceptors (Lipinski definition) is 3. The predicted octanol–water partition coefficient (Wildman–Crippen LogP) is 2.57. The minimum Gasteiger partial charge on any atom is -0.872 e. The molecule has 0 amide bonds. The second kappa shape index (κ2) is 5.91. The molecule has 0 saturated carbocycles. The van der Waals surface area contributed by atoms with E-state index in [-0.39, 0.29) is 5.56 Å². The van der Waals surface area contributed by atoms with Crippen LogP contribution in [0.25, 0.3) is 0 Å². The van der Waals surface area contributed by atoms with Gasteiger partial charge in [0.15, 0.2) is 0 Å². The van der Waals surface area contributed by atoms with E-state index in [1.54, 1.807) is 0 Å². The van der Waals surface area contributed by atoms with Crippen molar-refractivity contribution >= 4 is 14.0 Å². The van der Waals surface area contributed by atoms with Crippen LogP contribution in [-0.4, -0.2) is 25.8 Å². The lowest BCUT2D eigenvalue weighted by molar-refractivity contribution is -0.268. The van der Waals surface area contributed by atoms with E-state index in [9.17, 15) is 9.90 Å². The summed E-state index contributed by atoms with van der Waals surface area (Å²) in [6.45, 7) is 7.44. The molecule has 0 aliphatic carbocycles. The third-order valence-corrected chi connectivity index (χ3v) is 4.37. The van der Waals surface area contributed by atoms with Crippen LogP contribution in [0.15, 0.2) is 18.2 Å². The molecule has 100 valence electrons. The maximum atomic E-state index is 11.2. The highest BCUT2D eigenvalue weighted by atomic mass is 28.3. The Hall–Kier alpha value is -1.49. The minimum atomic E-state index is -1.22. The topological polar surface area (TPSA) is 69.6 Å². The Bertz CT molecular complexity index is 423. The van der Waals surface area contributed by atoms with Gasteiger partial charge < -0.3 is 14.9 Å². The van der Waals surface area contributed by atoms with Crippen molar-refractivity contribution in [2.24, 2.45) is 0 Å². The molecule has 0 bridgehead atoms. The molecule has 0 radical (unpaired) electrons. The first-order chi connectivity index (χ1) is 8.29. The number of aromatic carboxylic acids is 1. The van der Waals surface area contributed by atoms with Gasteiger partial charge in [-0.15, -0.1) is 0 Å². The first-order valence-electron chi connectivity index (χ1n) is 5.97. The van der Waals surface area contributed by atoms with Crippen LogP contribution in [0, 0.1) is 0 Å². The van der Waals surface area contributed by atoms with Crippen molar-refractivity contribution in [3.05, 3.63) is 23.8 Å². The van der Waals surface area contributed by atoms with Crippen LogP contribution in [0.3, 0.4) is 0 Å². The number of carbonyl (C=O) groups is 1. The first-order valence-corrected chi connectivity index (χ1v) is 9.67. The van der Waals surface area contributed by atoms with Crippen molar-refractivity contribution in [1.82, 2.24) is 0 Å². The average Bonchev–Trinajstić information content (AvgIpc) is 2.24. The van der Waals surface area contributed by atoms with Crippen LogP contribution in [0.1, 0.15) is 16.8 Å². The van der Waals surface area contributed by atoms with E-state index in [0.717, 1.165) is 6.42 Å². The van der Waals surface area contributed by atoms with Crippen LogP contribution in [0.2, 0.25) is 25.7 Å². The first kappa shape index (κ1) is 14.6. The highest BCUT2D eigenvalue weighted by molar-refractivity contribution is 6.76. The molecule has 1 rings (SSSR count). The Morgan fingerprint density at radius 3 is 2.61 bits per heavy atom. The van der Waals surface area contributed by atoms with Crippen molar-refractivity contribution in [3.63, 3.8) is 0 Å². The Kier molecular flexibility index (Phi) is 4.78. The van der Waals surface area contributed by atoms with E-state index in [2.05, 4.69) is 19.6 Å². The molecule has 0 unspecified atom stereocenters. The zero-order valence-electron chi connectivity index (χ0n) is 11.0. The van der Waals surface area contributed by atoms with E-state index in [1.165, 1.54) is 24.2 Å². The van der Waals surface area contributed by atoms with Gasteiger partial charge in [-0.2, -0.15) is 0 Å². The van der Waals surface area contributed by atoms with Crippen molar-refractivity contribution in [2.45, 2.75) is 32.1 Å². The number of ether oxygens (including phenoxy) is 1. The Morgan fingerprint density at radius 1 is 1.39 bits per heavy atom. The van der Waals surface area contributed by atoms with Gasteiger partial charge in [0.05, 0.1) is 12.2 Å². The SMILES string of the molecule is C[Si](C)(C)CCCOc1ccc([O-])c(C(=O)O)c1. The lowest BCUT2D eigenvalue weighted by Crippen LogP contribution is -2.20. The van der Waals surface area contributed by atoms with Crippen molar-refractivity contribution < 1.29 is 19.7 Å². The van der Waals surface area contributed by atoms with Crippen molar-refractivity contribution in [3.8, 4) is 11.5 Å². The monoisotopic (exact) mass is 267 g/mol. The summed E-state index contributed by atoms with van der Waals surface area (Å²) in [5, 5.41) is 20.1. The summed E-state index contributed by atoms with van der Waals surface area (Å²) in [5.74, 6) is -1.26. The van der Waals surface area contributed by atoms with Crippen LogP contribution in [-0.2, 0) is 0 Å². The number of rotatable bonds is 6. The maximum Gasteiger partial charge on any atom is 0.335 e. The van der Waals surface area contributed by atoms with Gasteiger partial charge in [-0.25, -0.2) is 4.79 Å². The van der Waals surface area contributed by atoms with E-state index < -0.39 is 19.8 Å². The summed E-state index contributed by atoms with van der Waals surface area (Å²) in [5.41, 5.74) is -0.238. The summed E-state index contributed by atoms with van der Waals surface area (Å²) < 4.78 is 5.47. The largest absolute Gasteiger partial charge is 0.872 e. The lowest BCUT2D eigenvalue weighted by atomic mass is 10.2. The molecule has 4 nitrogen and oxygen atoms in total.